The van der Waals surface area contributed by atoms with E-state index in [4.69, 9.17) is 21.1 Å². The van der Waals surface area contributed by atoms with Gasteiger partial charge in [0.1, 0.15) is 5.60 Å². The third-order valence-corrected chi connectivity index (χ3v) is 3.29. The Morgan fingerprint density at radius 3 is 2.29 bits per heavy atom. The number of rotatable bonds is 6. The standard InChI is InChI=1S/C17H23ClFNO4/c1-5-23-14(21)17(19,12-6-8-13(18)9-7-12)10-11-20-15(22)24-16(2,3)4/h6-9H,5,10-11H2,1-4H3,(H,20,22). The second kappa shape index (κ2) is 8.33. The van der Waals surface area contributed by atoms with Crippen molar-refractivity contribution < 1.29 is 23.5 Å². The molecule has 0 saturated carbocycles. The van der Waals surface area contributed by atoms with E-state index in [2.05, 4.69) is 5.32 Å². The number of hydrogen-bond acceptors (Lipinski definition) is 4. The zero-order valence-electron chi connectivity index (χ0n) is 14.3. The molecule has 1 unspecified atom stereocenters. The predicted molar refractivity (Wildman–Crippen MR) is 89.7 cm³/mol. The van der Waals surface area contributed by atoms with Crippen molar-refractivity contribution in [3.63, 3.8) is 0 Å². The summed E-state index contributed by atoms with van der Waals surface area (Å²) in [5.74, 6) is -1.00. The van der Waals surface area contributed by atoms with E-state index in [1.54, 1.807) is 27.7 Å². The molecule has 5 nitrogen and oxygen atoms in total. The van der Waals surface area contributed by atoms with Gasteiger partial charge in [0.15, 0.2) is 0 Å². The highest BCUT2D eigenvalue weighted by atomic mass is 35.5. The van der Waals surface area contributed by atoms with Gasteiger partial charge in [-0.1, -0.05) is 23.7 Å². The SMILES string of the molecule is CCOC(=O)C(F)(CCNC(=O)OC(C)(C)C)c1ccc(Cl)cc1. The molecular formula is C17H23ClFNO4. The number of ether oxygens (including phenoxy) is 2. The van der Waals surface area contributed by atoms with Crippen LogP contribution >= 0.6 is 11.6 Å². The van der Waals surface area contributed by atoms with Crippen molar-refractivity contribution in [3.8, 4) is 0 Å². The highest BCUT2D eigenvalue weighted by Gasteiger charge is 2.42. The maximum atomic E-state index is 15.3. The number of alkyl halides is 1. The zero-order valence-corrected chi connectivity index (χ0v) is 15.1. The Bertz CT molecular complexity index is 571. The molecule has 1 rings (SSSR count). The van der Waals surface area contributed by atoms with Gasteiger partial charge in [0.25, 0.3) is 0 Å². The van der Waals surface area contributed by atoms with Crippen molar-refractivity contribution in [2.45, 2.75) is 45.4 Å². The number of benzene rings is 1. The van der Waals surface area contributed by atoms with Crippen LogP contribution in [0.25, 0.3) is 0 Å². The largest absolute Gasteiger partial charge is 0.463 e. The molecule has 134 valence electrons. The lowest BCUT2D eigenvalue weighted by molar-refractivity contribution is -0.158. The van der Waals surface area contributed by atoms with Crippen LogP contribution in [0.3, 0.4) is 0 Å². The number of hydrogen-bond donors (Lipinski definition) is 1. The topological polar surface area (TPSA) is 64.6 Å². The molecule has 1 aromatic rings. The lowest BCUT2D eigenvalue weighted by Gasteiger charge is -2.24. The van der Waals surface area contributed by atoms with Crippen LogP contribution in [0.4, 0.5) is 9.18 Å². The quantitative estimate of drug-likeness (QED) is 0.780. The molecule has 1 atom stereocenters. The van der Waals surface area contributed by atoms with Gasteiger partial charge in [0.2, 0.25) is 5.67 Å². The van der Waals surface area contributed by atoms with Crippen LogP contribution in [0.15, 0.2) is 24.3 Å². The number of nitrogens with one attached hydrogen (secondary N) is 1. The number of esters is 1. The Balaban J connectivity index is 2.82. The molecule has 0 radical (unpaired) electrons. The highest BCUT2D eigenvalue weighted by Crippen LogP contribution is 2.32. The second-order valence-electron chi connectivity index (χ2n) is 6.21. The van der Waals surface area contributed by atoms with Crippen molar-refractivity contribution in [3.05, 3.63) is 34.9 Å². The van der Waals surface area contributed by atoms with E-state index >= 15 is 4.39 Å². The van der Waals surface area contributed by atoms with Crippen molar-refractivity contribution in [2.24, 2.45) is 0 Å². The van der Waals surface area contributed by atoms with Gasteiger partial charge < -0.3 is 14.8 Å². The third-order valence-electron chi connectivity index (χ3n) is 3.04. The lowest BCUT2D eigenvalue weighted by Crippen LogP contribution is -2.39. The third kappa shape index (κ3) is 6.00. The average molecular weight is 360 g/mol. The Morgan fingerprint density at radius 1 is 1.21 bits per heavy atom. The fourth-order valence-electron chi connectivity index (χ4n) is 1.97. The number of carbonyl (C=O) groups excluding carboxylic acids is 2. The maximum absolute atomic E-state index is 15.3. The molecule has 1 N–H and O–H groups in total. The summed E-state index contributed by atoms with van der Waals surface area (Å²) < 4.78 is 25.2. The smallest absolute Gasteiger partial charge is 0.407 e. The Hall–Kier alpha value is -1.82. The van der Waals surface area contributed by atoms with E-state index in [0.29, 0.717) is 5.02 Å². The normalized spacial score (nSPS) is 13.8. The molecule has 0 aliphatic rings. The summed E-state index contributed by atoms with van der Waals surface area (Å²) in [5.41, 5.74) is -2.92. The molecule has 1 amide bonds. The highest BCUT2D eigenvalue weighted by molar-refractivity contribution is 6.30. The van der Waals surface area contributed by atoms with Crippen LogP contribution in [0, 0.1) is 0 Å². The van der Waals surface area contributed by atoms with Crippen LogP contribution in [0.1, 0.15) is 39.7 Å². The average Bonchev–Trinajstić information content (AvgIpc) is 2.46. The molecule has 0 aliphatic heterocycles. The molecule has 24 heavy (non-hydrogen) atoms. The van der Waals surface area contributed by atoms with Crippen molar-refractivity contribution >= 4 is 23.7 Å². The van der Waals surface area contributed by atoms with Crippen LogP contribution in [-0.2, 0) is 19.9 Å². The second-order valence-corrected chi connectivity index (χ2v) is 6.64. The number of carbonyl (C=O) groups is 2. The van der Waals surface area contributed by atoms with Crippen LogP contribution < -0.4 is 5.32 Å². The summed E-state index contributed by atoms with van der Waals surface area (Å²) in [4.78, 5) is 23.7. The van der Waals surface area contributed by atoms with Crippen LogP contribution in [-0.4, -0.2) is 30.8 Å². The van der Waals surface area contributed by atoms with Gasteiger partial charge in [-0.3, -0.25) is 0 Å². The van der Waals surface area contributed by atoms with Crippen molar-refractivity contribution in [1.29, 1.82) is 0 Å². The van der Waals surface area contributed by atoms with E-state index in [0.717, 1.165) is 0 Å². The minimum absolute atomic E-state index is 0.0532. The zero-order chi connectivity index (χ0) is 18.4. The van der Waals surface area contributed by atoms with Crippen molar-refractivity contribution in [1.82, 2.24) is 5.32 Å². The summed E-state index contributed by atoms with van der Waals surface area (Å²) >= 11 is 5.80. The molecule has 1 aromatic carbocycles. The number of amides is 1. The molecule has 0 aliphatic carbocycles. The Labute approximate surface area is 146 Å². The fourth-order valence-corrected chi connectivity index (χ4v) is 2.10. The molecule has 0 saturated heterocycles. The first-order valence-electron chi connectivity index (χ1n) is 7.67. The summed E-state index contributed by atoms with van der Waals surface area (Å²) in [7, 11) is 0. The molecule has 7 heteroatoms. The summed E-state index contributed by atoms with van der Waals surface area (Å²) in [6.07, 6.45) is -0.961. The molecule has 0 spiro atoms. The van der Waals surface area contributed by atoms with E-state index in [-0.39, 0.29) is 25.1 Å². The monoisotopic (exact) mass is 359 g/mol. The lowest BCUT2D eigenvalue weighted by atomic mass is 9.92. The number of alkyl carbamates (subject to hydrolysis) is 1. The van der Waals surface area contributed by atoms with E-state index < -0.39 is 23.3 Å². The van der Waals surface area contributed by atoms with Gasteiger partial charge in [0.05, 0.1) is 6.61 Å². The predicted octanol–water partition coefficient (Wildman–Crippen LogP) is 3.98. The van der Waals surface area contributed by atoms with E-state index in [1.165, 1.54) is 24.3 Å². The first-order chi connectivity index (χ1) is 11.1. The number of halogens is 2. The van der Waals surface area contributed by atoms with Gasteiger partial charge in [-0.15, -0.1) is 0 Å². The molecule has 0 fully saturated rings. The summed E-state index contributed by atoms with van der Waals surface area (Å²) in [6.45, 7) is 6.72. The van der Waals surface area contributed by atoms with Gasteiger partial charge in [-0.2, -0.15) is 0 Å². The van der Waals surface area contributed by atoms with Gasteiger partial charge in [-0.05, 0) is 39.8 Å². The van der Waals surface area contributed by atoms with E-state index in [9.17, 15) is 9.59 Å². The Kier molecular flexibility index (Phi) is 7.02. The molecular weight excluding hydrogens is 337 g/mol. The molecule has 0 heterocycles. The first-order valence-corrected chi connectivity index (χ1v) is 8.05. The van der Waals surface area contributed by atoms with Crippen molar-refractivity contribution in [2.75, 3.05) is 13.2 Å². The fraction of sp³-hybridized carbons (Fsp3) is 0.529. The first kappa shape index (κ1) is 20.2. The van der Waals surface area contributed by atoms with Crippen LogP contribution in [0.2, 0.25) is 5.02 Å². The van der Waals surface area contributed by atoms with Gasteiger partial charge in [0, 0.05) is 23.6 Å². The molecule has 0 bridgehead atoms. The molecule has 0 aromatic heterocycles. The van der Waals surface area contributed by atoms with E-state index in [1.807, 2.05) is 0 Å². The van der Waals surface area contributed by atoms with Gasteiger partial charge in [-0.25, -0.2) is 14.0 Å². The summed E-state index contributed by atoms with van der Waals surface area (Å²) in [5, 5.41) is 2.87. The Morgan fingerprint density at radius 2 is 1.79 bits per heavy atom. The van der Waals surface area contributed by atoms with Crippen LogP contribution in [0.5, 0.6) is 0 Å². The minimum Gasteiger partial charge on any atom is -0.463 e. The minimum atomic E-state index is -2.38. The van der Waals surface area contributed by atoms with Gasteiger partial charge >= 0.3 is 12.1 Å². The summed E-state index contributed by atoms with van der Waals surface area (Å²) in [6, 6.07) is 5.83. The maximum Gasteiger partial charge on any atom is 0.407 e.